The van der Waals surface area contributed by atoms with Gasteiger partial charge in [-0.15, -0.1) is 0 Å². The molecule has 0 spiro atoms. The highest BCUT2D eigenvalue weighted by atomic mass is 19.1. The predicted molar refractivity (Wildman–Crippen MR) is 70.3 cm³/mol. The van der Waals surface area contributed by atoms with Gasteiger partial charge in [0.15, 0.2) is 0 Å². The lowest BCUT2D eigenvalue weighted by molar-refractivity contribution is -0.385. The minimum atomic E-state index is -0.722. The molecule has 5 heteroatoms. The number of nitrogens with two attached hydrogens (primary N) is 1. The van der Waals surface area contributed by atoms with Gasteiger partial charge in [0.2, 0.25) is 0 Å². The van der Waals surface area contributed by atoms with Gasteiger partial charge in [-0.3, -0.25) is 10.1 Å². The van der Waals surface area contributed by atoms with Gasteiger partial charge in [-0.25, -0.2) is 4.39 Å². The molecule has 4 nitrogen and oxygen atoms in total. The van der Waals surface area contributed by atoms with Gasteiger partial charge in [0.1, 0.15) is 5.82 Å². The maximum atomic E-state index is 13.7. The molecule has 0 amide bonds. The van der Waals surface area contributed by atoms with Gasteiger partial charge in [-0.1, -0.05) is 24.3 Å². The molecule has 0 bridgehead atoms. The van der Waals surface area contributed by atoms with Crippen LogP contribution >= 0.6 is 0 Å². The van der Waals surface area contributed by atoms with Crippen molar-refractivity contribution in [3.8, 4) is 0 Å². The zero-order valence-electron chi connectivity index (χ0n) is 10.3. The van der Waals surface area contributed by atoms with E-state index in [-0.39, 0.29) is 5.69 Å². The van der Waals surface area contributed by atoms with Gasteiger partial charge in [-0.05, 0) is 24.1 Å². The first kappa shape index (κ1) is 13.2. The molecule has 0 aliphatic heterocycles. The van der Waals surface area contributed by atoms with Crippen molar-refractivity contribution in [1.29, 1.82) is 0 Å². The third kappa shape index (κ3) is 2.77. The van der Waals surface area contributed by atoms with Crippen molar-refractivity contribution < 1.29 is 9.31 Å². The van der Waals surface area contributed by atoms with Crippen molar-refractivity contribution >= 4 is 5.69 Å². The summed E-state index contributed by atoms with van der Waals surface area (Å²) in [6.45, 7) is 1.74. The maximum Gasteiger partial charge on any atom is 0.270 e. The average Bonchev–Trinajstić information content (AvgIpc) is 2.37. The molecule has 0 fully saturated rings. The summed E-state index contributed by atoms with van der Waals surface area (Å²) in [6.07, 6.45) is 0. The fourth-order valence-corrected chi connectivity index (χ4v) is 1.98. The van der Waals surface area contributed by atoms with E-state index in [4.69, 9.17) is 5.73 Å². The first-order valence-electron chi connectivity index (χ1n) is 5.75. The molecule has 0 saturated carbocycles. The lowest BCUT2D eigenvalue weighted by atomic mass is 9.97. The van der Waals surface area contributed by atoms with E-state index in [0.29, 0.717) is 11.1 Å². The summed E-state index contributed by atoms with van der Waals surface area (Å²) < 4.78 is 13.7. The van der Waals surface area contributed by atoms with E-state index < -0.39 is 16.8 Å². The molecular weight excluding hydrogens is 247 g/mol. The van der Waals surface area contributed by atoms with E-state index in [9.17, 15) is 14.5 Å². The topological polar surface area (TPSA) is 69.2 Å². The second-order valence-electron chi connectivity index (χ2n) is 4.36. The molecule has 2 rings (SSSR count). The summed E-state index contributed by atoms with van der Waals surface area (Å²) in [6, 6.07) is 9.99. The molecule has 0 radical (unpaired) electrons. The van der Waals surface area contributed by atoms with Gasteiger partial charge in [-0.2, -0.15) is 0 Å². The number of nitro benzene ring substituents is 1. The van der Waals surface area contributed by atoms with Crippen LogP contribution in [0.3, 0.4) is 0 Å². The normalized spacial score (nSPS) is 12.2. The number of benzene rings is 2. The van der Waals surface area contributed by atoms with Crippen molar-refractivity contribution in [2.45, 2.75) is 13.0 Å². The fraction of sp³-hybridized carbons (Fsp3) is 0.143. The van der Waals surface area contributed by atoms with Crippen LogP contribution in [0.15, 0.2) is 42.5 Å². The Bertz CT molecular complexity index is 629. The van der Waals surface area contributed by atoms with Crippen molar-refractivity contribution in [3.05, 3.63) is 75.1 Å². The zero-order chi connectivity index (χ0) is 14.0. The highest BCUT2D eigenvalue weighted by Gasteiger charge is 2.16. The summed E-state index contributed by atoms with van der Waals surface area (Å²) >= 11 is 0. The van der Waals surface area contributed by atoms with Crippen LogP contribution < -0.4 is 5.73 Å². The zero-order valence-corrected chi connectivity index (χ0v) is 10.3. The Labute approximate surface area is 109 Å². The Hall–Kier alpha value is -2.27. The Balaban J connectivity index is 2.47. The Morgan fingerprint density at radius 1 is 1.26 bits per heavy atom. The quantitative estimate of drug-likeness (QED) is 0.681. The highest BCUT2D eigenvalue weighted by Crippen LogP contribution is 2.26. The van der Waals surface area contributed by atoms with E-state index in [0.717, 1.165) is 5.56 Å². The molecule has 0 aromatic heterocycles. The molecule has 98 valence electrons. The van der Waals surface area contributed by atoms with E-state index >= 15 is 0 Å². The van der Waals surface area contributed by atoms with Crippen LogP contribution in [-0.2, 0) is 0 Å². The standard InChI is InChI=1S/C14H13FN2O2/c1-9-6-10(8-11(7-9)17(18)19)14(16)12-4-2-3-5-13(12)15/h2-8,14H,16H2,1H3. The van der Waals surface area contributed by atoms with E-state index in [1.165, 1.54) is 18.2 Å². The number of rotatable bonds is 3. The lowest BCUT2D eigenvalue weighted by Crippen LogP contribution is -2.14. The van der Waals surface area contributed by atoms with Gasteiger partial charge in [0, 0.05) is 17.7 Å². The number of hydrogen-bond acceptors (Lipinski definition) is 3. The van der Waals surface area contributed by atoms with Crippen molar-refractivity contribution in [3.63, 3.8) is 0 Å². The first-order chi connectivity index (χ1) is 8.99. The highest BCUT2D eigenvalue weighted by molar-refractivity contribution is 5.43. The number of halogens is 1. The fourth-order valence-electron chi connectivity index (χ4n) is 1.98. The Morgan fingerprint density at radius 3 is 2.58 bits per heavy atom. The number of nitrogens with zero attached hydrogens (tertiary/aromatic N) is 1. The van der Waals surface area contributed by atoms with Gasteiger partial charge < -0.3 is 5.73 Å². The van der Waals surface area contributed by atoms with E-state index in [1.54, 1.807) is 31.2 Å². The molecule has 0 aliphatic carbocycles. The molecule has 0 aliphatic rings. The summed E-state index contributed by atoms with van der Waals surface area (Å²) in [4.78, 5) is 10.3. The monoisotopic (exact) mass is 260 g/mol. The molecule has 2 aromatic rings. The first-order valence-corrected chi connectivity index (χ1v) is 5.75. The Kier molecular flexibility index (Phi) is 3.57. The van der Waals surface area contributed by atoms with E-state index in [2.05, 4.69) is 0 Å². The molecule has 2 aromatic carbocycles. The number of non-ortho nitro benzene ring substituents is 1. The second kappa shape index (κ2) is 5.16. The molecule has 1 atom stereocenters. The number of nitro groups is 1. The van der Waals surface area contributed by atoms with Crippen LogP contribution in [0.1, 0.15) is 22.7 Å². The van der Waals surface area contributed by atoms with Crippen LogP contribution in [-0.4, -0.2) is 4.92 Å². The molecule has 2 N–H and O–H groups in total. The minimum Gasteiger partial charge on any atom is -0.320 e. The summed E-state index contributed by atoms with van der Waals surface area (Å²) in [5, 5.41) is 10.8. The summed E-state index contributed by atoms with van der Waals surface area (Å²) in [5.74, 6) is -0.417. The van der Waals surface area contributed by atoms with Crippen LogP contribution in [0.4, 0.5) is 10.1 Å². The van der Waals surface area contributed by atoms with Crippen LogP contribution in [0, 0.1) is 22.9 Å². The maximum absolute atomic E-state index is 13.7. The van der Waals surface area contributed by atoms with Crippen LogP contribution in [0.2, 0.25) is 0 Å². The SMILES string of the molecule is Cc1cc(C(N)c2ccccc2F)cc([N+](=O)[O-])c1. The van der Waals surface area contributed by atoms with E-state index in [1.807, 2.05) is 0 Å². The van der Waals surface area contributed by atoms with Crippen LogP contribution in [0.25, 0.3) is 0 Å². The minimum absolute atomic E-state index is 0.0400. The third-order valence-electron chi connectivity index (χ3n) is 2.89. The van der Waals surface area contributed by atoms with Gasteiger partial charge >= 0.3 is 0 Å². The van der Waals surface area contributed by atoms with Gasteiger partial charge in [0.05, 0.1) is 11.0 Å². The van der Waals surface area contributed by atoms with Crippen LogP contribution in [0.5, 0.6) is 0 Å². The third-order valence-corrected chi connectivity index (χ3v) is 2.89. The number of hydrogen-bond donors (Lipinski definition) is 1. The van der Waals surface area contributed by atoms with Crippen molar-refractivity contribution in [2.75, 3.05) is 0 Å². The number of aryl methyl sites for hydroxylation is 1. The predicted octanol–water partition coefficient (Wildman–Crippen LogP) is 3.09. The molecular formula is C14H13FN2O2. The molecule has 19 heavy (non-hydrogen) atoms. The molecule has 1 unspecified atom stereocenters. The van der Waals surface area contributed by atoms with Crippen molar-refractivity contribution in [1.82, 2.24) is 0 Å². The molecule has 0 heterocycles. The second-order valence-corrected chi connectivity index (χ2v) is 4.36. The molecule has 0 saturated heterocycles. The largest absolute Gasteiger partial charge is 0.320 e. The lowest BCUT2D eigenvalue weighted by Gasteiger charge is -2.14. The average molecular weight is 260 g/mol. The summed E-state index contributed by atoms with van der Waals surface area (Å²) in [5.41, 5.74) is 7.52. The Morgan fingerprint density at radius 2 is 1.95 bits per heavy atom. The smallest absolute Gasteiger partial charge is 0.270 e. The van der Waals surface area contributed by atoms with Crippen molar-refractivity contribution in [2.24, 2.45) is 5.73 Å². The van der Waals surface area contributed by atoms with Gasteiger partial charge in [0.25, 0.3) is 5.69 Å². The summed E-state index contributed by atoms with van der Waals surface area (Å²) in [7, 11) is 0.